The van der Waals surface area contributed by atoms with Crippen molar-refractivity contribution < 1.29 is 13.9 Å². The molecule has 0 atom stereocenters. The minimum absolute atomic E-state index is 0. The number of carbonyl (C=O) groups excluding carboxylic acids is 1. The molecule has 9 heteroatoms. The summed E-state index contributed by atoms with van der Waals surface area (Å²) in [6.07, 6.45) is 8.91. The summed E-state index contributed by atoms with van der Waals surface area (Å²) >= 11 is 0. The summed E-state index contributed by atoms with van der Waals surface area (Å²) in [5.41, 5.74) is 0. The molecule has 0 radical (unpaired) electrons. The molecule has 2 fully saturated rings. The first-order chi connectivity index (χ1) is 15.7. The molecule has 1 aromatic heterocycles. The van der Waals surface area contributed by atoms with Crippen molar-refractivity contribution >= 4 is 36.0 Å². The van der Waals surface area contributed by atoms with Crippen molar-refractivity contribution in [2.45, 2.75) is 70.9 Å². The number of nitrogens with one attached hydrogen (secondary N) is 2. The van der Waals surface area contributed by atoms with Crippen LogP contribution in [0.4, 0.5) is 4.79 Å². The molecule has 2 N–H and O–H groups in total. The van der Waals surface area contributed by atoms with E-state index in [1.54, 1.807) is 11.2 Å². The van der Waals surface area contributed by atoms with Crippen LogP contribution in [0.25, 0.3) is 0 Å². The summed E-state index contributed by atoms with van der Waals surface area (Å²) in [6, 6.07) is 4.66. The molecular weight excluding hydrogens is 533 g/mol. The Hall–Kier alpha value is -1.49. The Morgan fingerprint density at radius 2 is 1.79 bits per heavy atom. The second-order valence-corrected chi connectivity index (χ2v) is 8.78. The van der Waals surface area contributed by atoms with E-state index in [-0.39, 0.29) is 30.1 Å². The number of aliphatic imine (C=N–C) groups is 1. The number of nitrogens with zero attached hydrogens (tertiary/aromatic N) is 3. The molecule has 8 nitrogen and oxygen atoms in total. The van der Waals surface area contributed by atoms with Gasteiger partial charge in [-0.2, -0.15) is 0 Å². The van der Waals surface area contributed by atoms with Gasteiger partial charge in [-0.05, 0) is 57.7 Å². The number of ether oxygens (including phenoxy) is 1. The summed E-state index contributed by atoms with van der Waals surface area (Å²) in [6.45, 7) is 10.1. The predicted octanol–water partition coefficient (Wildman–Crippen LogP) is 3.86. The van der Waals surface area contributed by atoms with Gasteiger partial charge in [0.2, 0.25) is 0 Å². The van der Waals surface area contributed by atoms with Crippen molar-refractivity contribution in [2.24, 2.45) is 4.99 Å². The van der Waals surface area contributed by atoms with Crippen molar-refractivity contribution in [2.75, 3.05) is 45.9 Å². The van der Waals surface area contributed by atoms with Crippen LogP contribution in [0, 0.1) is 0 Å². The number of rotatable bonds is 9. The van der Waals surface area contributed by atoms with Crippen LogP contribution in [0.3, 0.4) is 0 Å². The third-order valence-electron chi connectivity index (χ3n) is 6.33. The highest BCUT2D eigenvalue weighted by Gasteiger charge is 2.25. The van der Waals surface area contributed by atoms with Gasteiger partial charge in [0.25, 0.3) is 0 Å². The Bertz CT molecular complexity index is 684. The number of piperidine rings is 2. The third kappa shape index (κ3) is 9.72. The summed E-state index contributed by atoms with van der Waals surface area (Å²) in [7, 11) is 0. The highest BCUT2D eigenvalue weighted by molar-refractivity contribution is 14.0. The summed E-state index contributed by atoms with van der Waals surface area (Å²) in [5, 5.41) is 7.33. The molecule has 0 unspecified atom stereocenters. The maximum atomic E-state index is 12.0. The lowest BCUT2D eigenvalue weighted by molar-refractivity contribution is 0.0962. The number of unbranched alkanes of at least 4 members (excludes halogenated alkanes) is 1. The molecule has 33 heavy (non-hydrogen) atoms. The van der Waals surface area contributed by atoms with Gasteiger partial charge in [0.1, 0.15) is 5.76 Å². The van der Waals surface area contributed by atoms with Gasteiger partial charge < -0.3 is 29.6 Å². The second kappa shape index (κ2) is 15.4. The molecule has 188 valence electrons. The van der Waals surface area contributed by atoms with Crippen LogP contribution in [0.2, 0.25) is 0 Å². The molecule has 0 aliphatic carbocycles. The molecule has 0 spiro atoms. The lowest BCUT2D eigenvalue weighted by Gasteiger charge is -2.35. The molecule has 0 bridgehead atoms. The van der Waals surface area contributed by atoms with Crippen molar-refractivity contribution in [1.29, 1.82) is 0 Å². The van der Waals surface area contributed by atoms with Crippen LogP contribution >= 0.6 is 24.0 Å². The molecule has 3 heterocycles. The number of halogens is 1. The van der Waals surface area contributed by atoms with Gasteiger partial charge in [0, 0.05) is 51.2 Å². The minimum atomic E-state index is -0.203. The van der Waals surface area contributed by atoms with Gasteiger partial charge >= 0.3 is 6.09 Å². The maximum absolute atomic E-state index is 12.0. The lowest BCUT2D eigenvalue weighted by Crippen LogP contribution is -2.53. The van der Waals surface area contributed by atoms with E-state index in [1.807, 2.05) is 19.1 Å². The average Bonchev–Trinajstić information content (AvgIpc) is 3.33. The first-order valence-electron chi connectivity index (χ1n) is 12.4. The highest BCUT2D eigenvalue weighted by Crippen LogP contribution is 2.14. The number of carbonyl (C=O) groups is 1. The van der Waals surface area contributed by atoms with Crippen molar-refractivity contribution in [3.63, 3.8) is 0 Å². The van der Waals surface area contributed by atoms with Gasteiger partial charge in [0.15, 0.2) is 5.96 Å². The molecule has 2 aliphatic heterocycles. The van der Waals surface area contributed by atoms with E-state index in [1.165, 1.54) is 19.4 Å². The zero-order chi connectivity index (χ0) is 22.6. The predicted molar refractivity (Wildman–Crippen MR) is 142 cm³/mol. The maximum Gasteiger partial charge on any atom is 0.409 e. The van der Waals surface area contributed by atoms with Gasteiger partial charge in [-0.25, -0.2) is 4.79 Å². The van der Waals surface area contributed by atoms with E-state index in [4.69, 9.17) is 14.1 Å². The Kier molecular flexibility index (Phi) is 13.0. The van der Waals surface area contributed by atoms with Crippen LogP contribution in [0.1, 0.15) is 58.1 Å². The fraction of sp³-hybridized carbons (Fsp3) is 0.750. The van der Waals surface area contributed by atoms with Gasteiger partial charge in [-0.15, -0.1) is 24.0 Å². The minimum Gasteiger partial charge on any atom is -0.469 e. The zero-order valence-corrected chi connectivity index (χ0v) is 22.6. The molecule has 3 rings (SSSR count). The largest absolute Gasteiger partial charge is 0.469 e. The van der Waals surface area contributed by atoms with Crippen LogP contribution < -0.4 is 10.6 Å². The molecule has 1 amide bonds. The van der Waals surface area contributed by atoms with Crippen molar-refractivity contribution in [3.05, 3.63) is 24.2 Å². The Labute approximate surface area is 215 Å². The first kappa shape index (κ1) is 27.8. The summed E-state index contributed by atoms with van der Waals surface area (Å²) < 4.78 is 10.6. The Morgan fingerprint density at radius 3 is 2.36 bits per heavy atom. The number of likely N-dealkylation sites (tertiary alicyclic amines) is 2. The van der Waals surface area contributed by atoms with Crippen LogP contribution in [0.15, 0.2) is 27.8 Å². The van der Waals surface area contributed by atoms with Crippen LogP contribution in [-0.2, 0) is 11.2 Å². The SMILES string of the molecule is CCCCN1CCC(NC(=NCCc2ccco2)NC2CCN(C(=O)OCC)CC2)CC1.I. The van der Waals surface area contributed by atoms with Crippen molar-refractivity contribution in [3.8, 4) is 0 Å². The summed E-state index contributed by atoms with van der Waals surface area (Å²) in [5.74, 6) is 1.85. The van der Waals surface area contributed by atoms with Crippen LogP contribution in [-0.4, -0.2) is 79.8 Å². The second-order valence-electron chi connectivity index (χ2n) is 8.78. The number of guanidine groups is 1. The highest BCUT2D eigenvalue weighted by atomic mass is 127. The summed E-state index contributed by atoms with van der Waals surface area (Å²) in [4.78, 5) is 21.2. The monoisotopic (exact) mass is 575 g/mol. The fourth-order valence-corrected chi connectivity index (χ4v) is 4.36. The topological polar surface area (TPSA) is 82.3 Å². The number of hydrogen-bond donors (Lipinski definition) is 2. The first-order valence-corrected chi connectivity index (χ1v) is 12.4. The number of hydrogen-bond acceptors (Lipinski definition) is 5. The van der Waals surface area contributed by atoms with E-state index < -0.39 is 0 Å². The molecule has 2 aliphatic rings. The van der Waals surface area contributed by atoms with Gasteiger partial charge in [-0.3, -0.25) is 4.99 Å². The number of amides is 1. The van der Waals surface area contributed by atoms with E-state index in [0.717, 1.165) is 56.9 Å². The van der Waals surface area contributed by atoms with Gasteiger partial charge in [0.05, 0.1) is 12.9 Å². The lowest BCUT2D eigenvalue weighted by atomic mass is 10.0. The van der Waals surface area contributed by atoms with Gasteiger partial charge in [-0.1, -0.05) is 13.3 Å². The van der Waals surface area contributed by atoms with E-state index in [0.29, 0.717) is 38.3 Å². The Balaban J connectivity index is 0.00000385. The standard InChI is InChI=1S/C24H41N5O3.HI/c1-3-5-14-28-15-9-20(10-16-28)26-23(25-13-8-22-7-6-19-32-22)27-21-11-17-29(18-12-21)24(30)31-4-2;/h6-7,19-21H,3-5,8-18H2,1-2H3,(H2,25,26,27);1H. The normalized spacial score (nSPS) is 18.6. The van der Waals surface area contributed by atoms with Crippen LogP contribution in [0.5, 0.6) is 0 Å². The molecule has 0 aromatic carbocycles. The average molecular weight is 576 g/mol. The molecule has 1 aromatic rings. The molecule has 0 saturated carbocycles. The number of furan rings is 1. The molecular formula is C24H42IN5O3. The van der Waals surface area contributed by atoms with E-state index in [9.17, 15) is 4.79 Å². The fourth-order valence-electron chi connectivity index (χ4n) is 4.36. The quantitative estimate of drug-likeness (QED) is 0.265. The van der Waals surface area contributed by atoms with E-state index >= 15 is 0 Å². The van der Waals surface area contributed by atoms with E-state index in [2.05, 4.69) is 22.5 Å². The zero-order valence-electron chi connectivity index (χ0n) is 20.3. The smallest absolute Gasteiger partial charge is 0.409 e. The third-order valence-corrected chi connectivity index (χ3v) is 6.33. The van der Waals surface area contributed by atoms with Crippen molar-refractivity contribution in [1.82, 2.24) is 20.4 Å². The molecule has 2 saturated heterocycles. The Morgan fingerprint density at radius 1 is 1.12 bits per heavy atom.